The lowest BCUT2D eigenvalue weighted by molar-refractivity contribution is 1.18. The standard InChI is InChI=1S/C74H45N9/c1-76-56-20-16-18-53(42-56)69-48-71(80-74(79-69)54-19-17-21-57(43-54)77-2)66-47-70(78-3)65(44-55(66)49-75)52-32-30-50(31-33-52)51-34-36-62(37-35-51)83-72-40-38-63(81(58-22-8-4-9-23-58)59-24-10-5-11-25-59)45-67(72)68-46-64(39-41-73(68)83)82(60-26-12-6-13-27-60)61-28-14-7-15-29-61/h4-48H. The average Bonchev–Trinajstić information content (AvgIpc) is 3.98. The van der Waals surface area contributed by atoms with E-state index in [1.807, 2.05) is 48.5 Å². The van der Waals surface area contributed by atoms with E-state index >= 15 is 0 Å². The number of hydrogen-bond acceptors (Lipinski definition) is 5. The quantitative estimate of drug-likeness (QED) is 0.114. The number of aromatic nitrogens is 3. The second kappa shape index (κ2) is 21.9. The summed E-state index contributed by atoms with van der Waals surface area (Å²) in [6, 6.07) is 94.1. The van der Waals surface area contributed by atoms with Gasteiger partial charge in [0.05, 0.1) is 53.8 Å². The minimum Gasteiger partial charge on any atom is -0.310 e. The van der Waals surface area contributed by atoms with E-state index in [1.54, 1.807) is 54.6 Å². The maximum absolute atomic E-state index is 10.7. The van der Waals surface area contributed by atoms with Crippen LogP contribution in [0.1, 0.15) is 5.56 Å². The Morgan fingerprint density at radius 1 is 0.361 bits per heavy atom. The Morgan fingerprint density at radius 2 is 0.819 bits per heavy atom. The molecule has 0 aliphatic carbocycles. The first-order valence-electron chi connectivity index (χ1n) is 26.9. The fraction of sp³-hybridized carbons (Fsp3) is 0. The first-order valence-corrected chi connectivity index (χ1v) is 26.9. The Balaban J connectivity index is 0.871. The van der Waals surface area contributed by atoms with Crippen molar-refractivity contribution in [3.8, 4) is 67.9 Å². The fourth-order valence-electron chi connectivity index (χ4n) is 10.9. The number of nitrogens with zero attached hydrogens (tertiary/aromatic N) is 9. The van der Waals surface area contributed by atoms with E-state index in [2.05, 4.69) is 205 Å². The van der Waals surface area contributed by atoms with E-state index in [1.165, 1.54) is 0 Å². The summed E-state index contributed by atoms with van der Waals surface area (Å²) in [5.74, 6) is 0.347. The van der Waals surface area contributed by atoms with Gasteiger partial charge in [-0.15, -0.1) is 0 Å². The van der Waals surface area contributed by atoms with Crippen LogP contribution in [-0.2, 0) is 0 Å². The van der Waals surface area contributed by atoms with Crippen LogP contribution >= 0.6 is 0 Å². The predicted molar refractivity (Wildman–Crippen MR) is 336 cm³/mol. The van der Waals surface area contributed by atoms with Crippen molar-refractivity contribution in [2.75, 3.05) is 9.80 Å². The molecule has 386 valence electrons. The molecule has 11 aromatic carbocycles. The zero-order valence-electron chi connectivity index (χ0n) is 44.5. The van der Waals surface area contributed by atoms with Crippen molar-refractivity contribution in [2.45, 2.75) is 0 Å². The first kappa shape index (κ1) is 50.4. The molecule has 0 aliphatic rings. The van der Waals surface area contributed by atoms with Crippen molar-refractivity contribution in [2.24, 2.45) is 0 Å². The van der Waals surface area contributed by atoms with Gasteiger partial charge in [0.2, 0.25) is 0 Å². The number of nitriles is 1. The summed E-state index contributed by atoms with van der Waals surface area (Å²) < 4.78 is 2.35. The number of rotatable bonds is 12. The molecule has 13 aromatic rings. The van der Waals surface area contributed by atoms with Crippen LogP contribution in [0.25, 0.3) is 98.2 Å². The summed E-state index contributed by atoms with van der Waals surface area (Å²) in [5, 5.41) is 12.9. The Bertz CT molecular complexity index is 4470. The molecule has 0 spiro atoms. The predicted octanol–water partition coefficient (Wildman–Crippen LogP) is 20.4. The van der Waals surface area contributed by atoms with Crippen molar-refractivity contribution in [1.29, 1.82) is 5.26 Å². The van der Waals surface area contributed by atoms with Gasteiger partial charge in [0, 0.05) is 61.7 Å². The lowest BCUT2D eigenvalue weighted by atomic mass is 9.94. The molecule has 0 amide bonds. The van der Waals surface area contributed by atoms with Gasteiger partial charge < -0.3 is 14.4 Å². The normalized spacial score (nSPS) is 10.8. The van der Waals surface area contributed by atoms with Crippen molar-refractivity contribution in [1.82, 2.24) is 14.5 Å². The minimum atomic E-state index is 0.333. The van der Waals surface area contributed by atoms with Crippen molar-refractivity contribution < 1.29 is 0 Å². The third-order valence-corrected chi connectivity index (χ3v) is 14.8. The van der Waals surface area contributed by atoms with Gasteiger partial charge in [-0.1, -0.05) is 146 Å². The lowest BCUT2D eigenvalue weighted by Crippen LogP contribution is -2.09. The number of hydrogen-bond donors (Lipinski definition) is 0. The number of para-hydroxylation sites is 4. The molecule has 0 radical (unpaired) electrons. The highest BCUT2D eigenvalue weighted by Crippen LogP contribution is 2.44. The van der Waals surface area contributed by atoms with Gasteiger partial charge in [-0.05, 0) is 155 Å². The second-order valence-corrected chi connectivity index (χ2v) is 19.8. The topological polar surface area (TPSA) is 74.1 Å². The van der Waals surface area contributed by atoms with E-state index < -0.39 is 0 Å². The molecule has 0 N–H and O–H groups in total. The molecule has 13 rings (SSSR count). The van der Waals surface area contributed by atoms with E-state index in [0.717, 1.165) is 78.3 Å². The molecule has 2 heterocycles. The smallest absolute Gasteiger partial charge is 0.195 e. The van der Waals surface area contributed by atoms with E-state index in [0.29, 0.717) is 62.1 Å². The van der Waals surface area contributed by atoms with Gasteiger partial charge in [-0.2, -0.15) is 5.26 Å². The average molecular weight is 1060 g/mol. The first-order chi connectivity index (χ1) is 40.9. The molecule has 9 heteroatoms. The maximum Gasteiger partial charge on any atom is 0.195 e. The van der Waals surface area contributed by atoms with Crippen LogP contribution in [-0.4, -0.2) is 14.5 Å². The van der Waals surface area contributed by atoms with Crippen LogP contribution in [0.2, 0.25) is 0 Å². The van der Waals surface area contributed by atoms with Crippen molar-refractivity contribution in [3.63, 3.8) is 0 Å². The van der Waals surface area contributed by atoms with Crippen LogP contribution < -0.4 is 9.80 Å². The van der Waals surface area contributed by atoms with Gasteiger partial charge in [0.25, 0.3) is 0 Å². The monoisotopic (exact) mass is 1060 g/mol. The maximum atomic E-state index is 10.7. The molecule has 0 saturated heterocycles. The Labute approximate surface area is 480 Å². The second-order valence-electron chi connectivity index (χ2n) is 19.8. The van der Waals surface area contributed by atoms with Gasteiger partial charge in [-0.25, -0.2) is 24.5 Å². The highest BCUT2D eigenvalue weighted by Gasteiger charge is 2.22. The third kappa shape index (κ3) is 9.73. The summed E-state index contributed by atoms with van der Waals surface area (Å²) in [6.07, 6.45) is 0. The minimum absolute atomic E-state index is 0.333. The van der Waals surface area contributed by atoms with Crippen LogP contribution in [0.5, 0.6) is 0 Å². The summed E-state index contributed by atoms with van der Waals surface area (Å²) >= 11 is 0. The van der Waals surface area contributed by atoms with E-state index in [-0.39, 0.29) is 0 Å². The highest BCUT2D eigenvalue weighted by atomic mass is 15.1. The van der Waals surface area contributed by atoms with Crippen LogP contribution in [0.4, 0.5) is 51.2 Å². The van der Waals surface area contributed by atoms with Gasteiger partial charge in [-0.3, -0.25) is 0 Å². The Morgan fingerprint density at radius 3 is 1.30 bits per heavy atom. The number of benzene rings is 11. The van der Waals surface area contributed by atoms with Gasteiger partial charge >= 0.3 is 0 Å². The SMILES string of the molecule is [C-]#[N+]c1cccc(-c2cc(-c3cc([N+]#[C-])c(-c4ccc(-c5ccc(-n6c7ccc(N(c8ccccc8)c8ccccc8)cc7c7cc(N(c8ccccc8)c8ccccc8)ccc76)cc5)cc4)cc3C#N)nc(-c3cccc([N+]#[C-])c3)n2)c1. The van der Waals surface area contributed by atoms with Crippen LogP contribution in [0.15, 0.2) is 273 Å². The van der Waals surface area contributed by atoms with E-state index in [4.69, 9.17) is 29.7 Å². The molecule has 2 aromatic heterocycles. The molecule has 0 atom stereocenters. The molecule has 0 bridgehead atoms. The molecule has 83 heavy (non-hydrogen) atoms. The molecule has 0 unspecified atom stereocenters. The zero-order chi connectivity index (χ0) is 56.2. The molecule has 0 saturated carbocycles. The Hall–Kier alpha value is -12.1. The van der Waals surface area contributed by atoms with E-state index in [9.17, 15) is 5.26 Å². The molecular formula is C74H45N9. The summed E-state index contributed by atoms with van der Waals surface area (Å²) in [5.41, 5.74) is 17.2. The molecule has 0 aliphatic heterocycles. The highest BCUT2D eigenvalue weighted by molar-refractivity contribution is 6.12. The number of anilines is 6. The van der Waals surface area contributed by atoms with Crippen molar-refractivity contribution in [3.05, 3.63) is 313 Å². The van der Waals surface area contributed by atoms with Crippen LogP contribution in [0, 0.1) is 31.0 Å². The summed E-state index contributed by atoms with van der Waals surface area (Å²) in [7, 11) is 0. The Kier molecular flexibility index (Phi) is 13.3. The molecular weight excluding hydrogens is 1010 g/mol. The van der Waals surface area contributed by atoms with Gasteiger partial charge in [0.15, 0.2) is 22.9 Å². The largest absolute Gasteiger partial charge is 0.310 e. The van der Waals surface area contributed by atoms with Gasteiger partial charge in [0.1, 0.15) is 0 Å². The zero-order valence-corrected chi connectivity index (χ0v) is 44.5. The lowest BCUT2D eigenvalue weighted by Gasteiger charge is -2.26. The molecule has 9 nitrogen and oxygen atoms in total. The summed E-state index contributed by atoms with van der Waals surface area (Å²) in [6.45, 7) is 23.6. The molecule has 0 fully saturated rings. The van der Waals surface area contributed by atoms with Crippen molar-refractivity contribution >= 4 is 73.0 Å². The van der Waals surface area contributed by atoms with Crippen LogP contribution in [0.3, 0.4) is 0 Å². The summed E-state index contributed by atoms with van der Waals surface area (Å²) in [4.78, 5) is 25.6. The number of fused-ring (bicyclic) bond motifs is 3. The third-order valence-electron chi connectivity index (χ3n) is 14.8. The fourth-order valence-corrected chi connectivity index (χ4v) is 10.9.